The first-order valence-corrected chi connectivity index (χ1v) is 11.3. The van der Waals surface area contributed by atoms with Gasteiger partial charge >= 0.3 is 0 Å². The fraction of sp³-hybridized carbons (Fsp3) is 0.125. The van der Waals surface area contributed by atoms with Crippen LogP contribution in [0.15, 0.2) is 84.0 Å². The van der Waals surface area contributed by atoms with Crippen molar-refractivity contribution in [3.63, 3.8) is 0 Å². The van der Waals surface area contributed by atoms with E-state index >= 15 is 0 Å². The van der Waals surface area contributed by atoms with Crippen molar-refractivity contribution < 1.29 is 9.53 Å². The van der Waals surface area contributed by atoms with Gasteiger partial charge in [-0.25, -0.2) is 0 Å². The number of hydrogen-bond donors (Lipinski definition) is 1. The van der Waals surface area contributed by atoms with Gasteiger partial charge in [0.05, 0.1) is 5.75 Å². The molecule has 1 N–H and O–H groups in total. The van der Waals surface area contributed by atoms with Crippen LogP contribution in [0.3, 0.4) is 0 Å². The van der Waals surface area contributed by atoms with Gasteiger partial charge in [0, 0.05) is 16.4 Å². The number of carbonyl (C=O) groups is 1. The Morgan fingerprint density at radius 2 is 1.72 bits per heavy atom. The van der Waals surface area contributed by atoms with Crippen molar-refractivity contribution in [1.82, 2.24) is 14.8 Å². The van der Waals surface area contributed by atoms with Gasteiger partial charge in [-0.2, -0.15) is 0 Å². The molecule has 1 aromatic heterocycles. The normalized spacial score (nSPS) is 10.7. The molecule has 0 aliphatic rings. The van der Waals surface area contributed by atoms with Gasteiger partial charge in [0.1, 0.15) is 12.4 Å². The molecular formula is C24H21ClN4O2S. The van der Waals surface area contributed by atoms with Gasteiger partial charge in [0.25, 0.3) is 0 Å². The van der Waals surface area contributed by atoms with Gasteiger partial charge in [0.2, 0.25) is 5.91 Å². The second-order valence-electron chi connectivity index (χ2n) is 7.02. The molecule has 162 valence electrons. The van der Waals surface area contributed by atoms with Gasteiger partial charge in [-0.15, -0.1) is 10.2 Å². The minimum absolute atomic E-state index is 0.119. The molecule has 0 atom stereocenters. The van der Waals surface area contributed by atoms with E-state index in [4.69, 9.17) is 16.3 Å². The summed E-state index contributed by atoms with van der Waals surface area (Å²) in [6.07, 6.45) is 0. The first-order chi connectivity index (χ1) is 15.6. The fourth-order valence-corrected chi connectivity index (χ4v) is 3.86. The number of carbonyl (C=O) groups excluding carboxylic acids is 1. The highest BCUT2D eigenvalue weighted by Crippen LogP contribution is 2.24. The second-order valence-corrected chi connectivity index (χ2v) is 8.39. The number of rotatable bonds is 8. The summed E-state index contributed by atoms with van der Waals surface area (Å²) in [4.78, 5) is 12.4. The standard InChI is InChI=1S/C24H21ClN4O2S/c1-17-7-11-19(12-8-17)26-23(30)16-32-24-28-27-22(15-31-21-5-3-2-4-6-21)29(24)20-13-9-18(25)10-14-20/h2-14H,15-16H2,1H3,(H,26,30). The zero-order chi connectivity index (χ0) is 22.3. The lowest BCUT2D eigenvalue weighted by Crippen LogP contribution is -2.14. The summed E-state index contributed by atoms with van der Waals surface area (Å²) in [7, 11) is 0. The van der Waals surface area contributed by atoms with Crippen LogP contribution >= 0.6 is 23.4 Å². The second kappa shape index (κ2) is 10.3. The first-order valence-electron chi connectivity index (χ1n) is 9.96. The van der Waals surface area contributed by atoms with Crippen LogP contribution in [0.5, 0.6) is 5.75 Å². The largest absolute Gasteiger partial charge is 0.486 e. The van der Waals surface area contributed by atoms with Crippen molar-refractivity contribution in [2.45, 2.75) is 18.7 Å². The number of ether oxygens (including phenoxy) is 1. The topological polar surface area (TPSA) is 69.0 Å². The van der Waals surface area contributed by atoms with Gasteiger partial charge in [-0.1, -0.05) is 59.3 Å². The molecule has 0 bridgehead atoms. The molecule has 0 radical (unpaired) electrons. The number of benzene rings is 3. The van der Waals surface area contributed by atoms with Crippen LogP contribution in [0.1, 0.15) is 11.4 Å². The van der Waals surface area contributed by atoms with Crippen LogP contribution in [0, 0.1) is 6.92 Å². The third-order valence-corrected chi connectivity index (χ3v) is 5.74. The summed E-state index contributed by atoms with van der Waals surface area (Å²) in [6, 6.07) is 24.6. The number of anilines is 1. The number of para-hydroxylation sites is 1. The number of amides is 1. The minimum Gasteiger partial charge on any atom is -0.486 e. The molecular weight excluding hydrogens is 444 g/mol. The van der Waals surface area contributed by atoms with E-state index in [1.165, 1.54) is 11.8 Å². The van der Waals surface area contributed by atoms with Gasteiger partial charge in [-0.3, -0.25) is 9.36 Å². The van der Waals surface area contributed by atoms with Crippen molar-refractivity contribution in [2.75, 3.05) is 11.1 Å². The molecule has 4 rings (SSSR count). The molecule has 0 saturated carbocycles. The van der Waals surface area contributed by atoms with Crippen LogP contribution in [-0.2, 0) is 11.4 Å². The molecule has 0 spiro atoms. The molecule has 1 amide bonds. The third-order valence-electron chi connectivity index (χ3n) is 4.56. The molecule has 0 saturated heterocycles. The minimum atomic E-state index is -0.119. The van der Waals surface area contributed by atoms with Gasteiger partial charge < -0.3 is 10.1 Å². The zero-order valence-corrected chi connectivity index (χ0v) is 18.9. The van der Waals surface area contributed by atoms with Gasteiger partial charge in [0.15, 0.2) is 11.0 Å². The Balaban J connectivity index is 1.50. The van der Waals surface area contributed by atoms with Crippen molar-refractivity contribution in [3.8, 4) is 11.4 Å². The quantitative estimate of drug-likeness (QED) is 0.347. The smallest absolute Gasteiger partial charge is 0.234 e. The lowest BCUT2D eigenvalue weighted by atomic mass is 10.2. The van der Waals surface area contributed by atoms with Crippen LogP contribution in [0.2, 0.25) is 5.02 Å². The maximum Gasteiger partial charge on any atom is 0.234 e. The number of aryl methyl sites for hydroxylation is 1. The average molecular weight is 465 g/mol. The SMILES string of the molecule is Cc1ccc(NC(=O)CSc2nnc(COc3ccccc3)n2-c2ccc(Cl)cc2)cc1. The molecule has 0 aliphatic carbocycles. The molecule has 0 fully saturated rings. The molecule has 0 aliphatic heterocycles. The number of aromatic nitrogens is 3. The first kappa shape index (κ1) is 21.9. The highest BCUT2D eigenvalue weighted by atomic mass is 35.5. The third kappa shape index (κ3) is 5.69. The lowest BCUT2D eigenvalue weighted by Gasteiger charge is -2.11. The molecule has 4 aromatic rings. The number of hydrogen-bond acceptors (Lipinski definition) is 5. The Morgan fingerprint density at radius 1 is 1.00 bits per heavy atom. The van der Waals surface area contributed by atoms with Crippen molar-refractivity contribution in [1.29, 1.82) is 0 Å². The molecule has 1 heterocycles. The number of thioether (sulfide) groups is 1. The van der Waals surface area contributed by atoms with Crippen molar-refractivity contribution in [2.24, 2.45) is 0 Å². The predicted octanol–water partition coefficient (Wildman–Crippen LogP) is 5.54. The predicted molar refractivity (Wildman–Crippen MR) is 128 cm³/mol. The van der Waals surface area contributed by atoms with E-state index in [1.807, 2.05) is 78.2 Å². The maximum atomic E-state index is 12.4. The highest BCUT2D eigenvalue weighted by Gasteiger charge is 2.17. The number of halogens is 1. The van der Waals surface area contributed by atoms with Gasteiger partial charge in [-0.05, 0) is 55.5 Å². The molecule has 3 aromatic carbocycles. The van der Waals surface area contributed by atoms with Crippen LogP contribution < -0.4 is 10.1 Å². The summed E-state index contributed by atoms with van der Waals surface area (Å²) < 4.78 is 7.75. The molecule has 32 heavy (non-hydrogen) atoms. The van der Waals surface area contributed by atoms with Crippen molar-refractivity contribution >= 4 is 35.0 Å². The van der Waals surface area contributed by atoms with E-state index in [2.05, 4.69) is 15.5 Å². The summed E-state index contributed by atoms with van der Waals surface area (Å²) in [5.41, 5.74) is 2.74. The molecule has 6 nitrogen and oxygen atoms in total. The Bertz CT molecular complexity index is 1180. The number of nitrogens with zero attached hydrogens (tertiary/aromatic N) is 3. The summed E-state index contributed by atoms with van der Waals surface area (Å²) in [5.74, 6) is 1.44. The highest BCUT2D eigenvalue weighted by molar-refractivity contribution is 7.99. The summed E-state index contributed by atoms with van der Waals surface area (Å²) >= 11 is 7.37. The monoisotopic (exact) mass is 464 g/mol. The Morgan fingerprint density at radius 3 is 2.44 bits per heavy atom. The van der Waals surface area contributed by atoms with Crippen LogP contribution in [0.4, 0.5) is 5.69 Å². The maximum absolute atomic E-state index is 12.4. The van der Waals surface area contributed by atoms with E-state index in [9.17, 15) is 4.79 Å². The van der Waals surface area contributed by atoms with E-state index in [0.29, 0.717) is 16.0 Å². The van der Waals surface area contributed by atoms with E-state index < -0.39 is 0 Å². The van der Waals surface area contributed by atoms with E-state index in [-0.39, 0.29) is 18.3 Å². The molecule has 8 heteroatoms. The average Bonchev–Trinajstić information content (AvgIpc) is 3.22. The molecule has 0 unspecified atom stereocenters. The van der Waals surface area contributed by atoms with E-state index in [0.717, 1.165) is 22.7 Å². The van der Waals surface area contributed by atoms with Crippen LogP contribution in [0.25, 0.3) is 5.69 Å². The fourth-order valence-electron chi connectivity index (χ4n) is 2.97. The Hall–Kier alpha value is -3.29. The zero-order valence-electron chi connectivity index (χ0n) is 17.4. The lowest BCUT2D eigenvalue weighted by molar-refractivity contribution is -0.113. The summed E-state index contributed by atoms with van der Waals surface area (Å²) in [5, 5.41) is 12.7. The number of nitrogens with one attached hydrogen (secondary N) is 1. The van der Waals surface area contributed by atoms with E-state index in [1.54, 1.807) is 12.1 Å². The Labute approximate surface area is 195 Å². The Kier molecular flexibility index (Phi) is 7.09. The van der Waals surface area contributed by atoms with Crippen LogP contribution in [-0.4, -0.2) is 26.4 Å². The van der Waals surface area contributed by atoms with Crippen molar-refractivity contribution in [3.05, 3.63) is 95.3 Å². The summed E-state index contributed by atoms with van der Waals surface area (Å²) in [6.45, 7) is 2.24.